The second-order valence-corrected chi connectivity index (χ2v) is 6.20. The zero-order valence-corrected chi connectivity index (χ0v) is 19.2. The third kappa shape index (κ3) is 7.14. The molecule has 3 aromatic rings. The molecule has 28 heavy (non-hydrogen) atoms. The number of amidine groups is 1. The Labute approximate surface area is 182 Å². The summed E-state index contributed by atoms with van der Waals surface area (Å²) >= 11 is 1.61. The molecule has 0 aliphatic carbocycles. The first-order valence-corrected chi connectivity index (χ1v) is 11.8. The summed E-state index contributed by atoms with van der Waals surface area (Å²) in [5.74, 6) is 0.365. The Bertz CT molecular complexity index is 816. The standard InChI is InChI=1S/C19H20N3.C2H6N2.ClH.Pt/c1-14(20)22(2)13-7-10-15-16-8-3-5-11-18(16)21-19-12-6-4-9-17(15)19;3-1-2-4;;/h3-6,8-9,11-12H,7,10,13H2,1-2H3;3-4H,1-2H2;1H;/q-1;-2;;+1/p-1. The van der Waals surface area contributed by atoms with Gasteiger partial charge in [0.2, 0.25) is 0 Å². The van der Waals surface area contributed by atoms with Crippen LogP contribution in [0.25, 0.3) is 38.7 Å². The molecule has 0 saturated carbocycles. The van der Waals surface area contributed by atoms with Crippen LogP contribution in [0.3, 0.4) is 0 Å². The van der Waals surface area contributed by atoms with Crippen molar-refractivity contribution in [2.24, 2.45) is 0 Å². The SMILES string of the molecule is CC(=[N-])N(C)CCCc1c2ccccc2nc2ccccc12.[Cl][Pt].[NH-]CC[NH-]. The van der Waals surface area contributed by atoms with Crippen molar-refractivity contribution in [2.75, 3.05) is 26.7 Å². The molecule has 0 amide bonds. The van der Waals surface area contributed by atoms with Crippen molar-refractivity contribution >= 4 is 37.1 Å². The number of halogens is 1. The topological polar surface area (TPSA) is 86.0 Å². The van der Waals surface area contributed by atoms with Gasteiger partial charge in [-0.2, -0.15) is 13.1 Å². The summed E-state index contributed by atoms with van der Waals surface area (Å²) in [5.41, 5.74) is 16.0. The minimum Gasteiger partial charge on any atom is -0.679 e. The maximum Gasteiger partial charge on any atom is -0.171 e. The molecule has 155 valence electrons. The van der Waals surface area contributed by atoms with Gasteiger partial charge in [0, 0.05) is 10.8 Å². The molecule has 0 radical (unpaired) electrons. The second kappa shape index (κ2) is 13.6. The van der Waals surface area contributed by atoms with Crippen LogP contribution in [0, 0.1) is 0 Å². The van der Waals surface area contributed by atoms with E-state index in [-0.39, 0.29) is 13.1 Å². The number of nitrogens with one attached hydrogen (secondary N) is 2. The molecule has 0 saturated heterocycles. The first-order chi connectivity index (χ1) is 13.6. The van der Waals surface area contributed by atoms with E-state index in [0.29, 0.717) is 5.84 Å². The van der Waals surface area contributed by atoms with E-state index in [1.807, 2.05) is 24.1 Å². The Morgan fingerprint density at radius 2 is 1.46 bits per heavy atom. The molecule has 0 spiro atoms. The summed E-state index contributed by atoms with van der Waals surface area (Å²) in [4.78, 5) is 6.64. The summed E-state index contributed by atoms with van der Waals surface area (Å²) in [7, 11) is 6.53. The van der Waals surface area contributed by atoms with Gasteiger partial charge in [0.05, 0.1) is 11.0 Å². The minimum atomic E-state index is 0.236. The number of hydrogen-bond donors (Lipinski definition) is 0. The van der Waals surface area contributed by atoms with Gasteiger partial charge in [0.25, 0.3) is 0 Å². The van der Waals surface area contributed by atoms with Crippen molar-refractivity contribution in [3.05, 3.63) is 71.0 Å². The van der Waals surface area contributed by atoms with E-state index >= 15 is 0 Å². The summed E-state index contributed by atoms with van der Waals surface area (Å²) in [5, 5.41) is 12.0. The summed E-state index contributed by atoms with van der Waals surface area (Å²) in [6.07, 6.45) is 1.97. The van der Waals surface area contributed by atoms with E-state index in [9.17, 15) is 5.41 Å². The Morgan fingerprint density at radius 1 is 1.00 bits per heavy atom. The van der Waals surface area contributed by atoms with Crippen LogP contribution < -0.4 is 0 Å². The van der Waals surface area contributed by atoms with E-state index in [2.05, 4.69) is 45.8 Å². The van der Waals surface area contributed by atoms with Crippen LogP contribution >= 0.6 is 9.42 Å². The molecule has 0 aliphatic rings. The quantitative estimate of drug-likeness (QED) is 0.211. The molecule has 0 bridgehead atoms. The molecule has 7 heteroatoms. The maximum absolute atomic E-state index is 9.49. The Hall–Kier alpha value is -1.52. The molecule has 0 aliphatic heterocycles. The molecule has 2 N–H and O–H groups in total. The number of para-hydroxylation sites is 2. The van der Waals surface area contributed by atoms with Crippen molar-refractivity contribution < 1.29 is 18.8 Å². The first kappa shape index (κ1) is 24.5. The van der Waals surface area contributed by atoms with E-state index in [1.54, 1.807) is 25.7 Å². The number of benzene rings is 2. The fraction of sp³-hybridized carbons (Fsp3) is 0.333. The van der Waals surface area contributed by atoms with E-state index in [0.717, 1.165) is 30.4 Å². The summed E-state index contributed by atoms with van der Waals surface area (Å²) in [6.45, 7) is 3.03. The predicted molar refractivity (Wildman–Crippen MR) is 118 cm³/mol. The van der Waals surface area contributed by atoms with Crippen molar-refractivity contribution in [2.45, 2.75) is 19.8 Å². The number of hydrogen-bond acceptors (Lipinski definition) is 1. The smallest absolute Gasteiger partial charge is 0.171 e. The summed E-state index contributed by atoms with van der Waals surface area (Å²) < 4.78 is 0. The van der Waals surface area contributed by atoms with Crippen molar-refractivity contribution in [3.63, 3.8) is 0 Å². The molecule has 1 heterocycles. The summed E-state index contributed by atoms with van der Waals surface area (Å²) in [6, 6.07) is 16.7. The molecule has 2 aromatic carbocycles. The average Bonchev–Trinajstić information content (AvgIpc) is 2.74. The van der Waals surface area contributed by atoms with Crippen LogP contribution in [0.4, 0.5) is 0 Å². The predicted octanol–water partition coefficient (Wildman–Crippen LogP) is 6.02. The number of aromatic nitrogens is 1. The molecular weight excluding hydrogens is 553 g/mol. The van der Waals surface area contributed by atoms with Crippen molar-refractivity contribution in [1.29, 1.82) is 0 Å². The molecule has 0 unspecified atom stereocenters. The Balaban J connectivity index is 0.000000583. The molecule has 5 nitrogen and oxygen atoms in total. The fourth-order valence-electron chi connectivity index (χ4n) is 2.85. The van der Waals surface area contributed by atoms with Gasteiger partial charge in [-0.15, -0.1) is 0 Å². The maximum atomic E-state index is 9.49. The number of fused-ring (bicyclic) bond motifs is 2. The van der Waals surface area contributed by atoms with Crippen molar-refractivity contribution in [3.8, 4) is 0 Å². The van der Waals surface area contributed by atoms with Gasteiger partial charge in [0.1, 0.15) is 0 Å². The van der Waals surface area contributed by atoms with Gasteiger partial charge in [-0.05, 0) is 37.5 Å². The number of pyridine rings is 1. The van der Waals surface area contributed by atoms with Crippen LogP contribution in [0.1, 0.15) is 18.9 Å². The van der Waals surface area contributed by atoms with Crippen LogP contribution in [0.15, 0.2) is 48.5 Å². The monoisotopic (exact) mass is 578 g/mol. The largest absolute Gasteiger partial charge is 0.679 e. The second-order valence-electron chi connectivity index (χ2n) is 6.20. The molecule has 3 rings (SSSR count). The number of aryl methyl sites for hydroxylation is 1. The van der Waals surface area contributed by atoms with Gasteiger partial charge in [0.15, 0.2) is 0 Å². The number of rotatable bonds is 5. The van der Waals surface area contributed by atoms with Crippen LogP contribution in [-0.2, 0) is 25.2 Å². The molecule has 0 atom stereocenters. The average molecular weight is 579 g/mol. The van der Waals surface area contributed by atoms with Gasteiger partial charge in [-0.1, -0.05) is 55.8 Å². The van der Waals surface area contributed by atoms with E-state index < -0.39 is 0 Å². The van der Waals surface area contributed by atoms with E-state index in [1.165, 1.54) is 16.3 Å². The van der Waals surface area contributed by atoms with Gasteiger partial charge < -0.3 is 21.8 Å². The van der Waals surface area contributed by atoms with Crippen LogP contribution in [-0.4, -0.2) is 42.4 Å². The van der Waals surface area contributed by atoms with Gasteiger partial charge in [-0.25, -0.2) is 4.98 Å². The Kier molecular flexibility index (Phi) is 11.9. The zero-order valence-electron chi connectivity index (χ0n) is 16.2. The molecule has 0 fully saturated rings. The van der Waals surface area contributed by atoms with Crippen LogP contribution in [0.2, 0.25) is 0 Å². The number of nitrogens with zero attached hydrogens (tertiary/aromatic N) is 3. The molecular formula is C21H26ClN5Pt-3. The van der Waals surface area contributed by atoms with Crippen molar-refractivity contribution in [1.82, 2.24) is 9.88 Å². The third-order valence-corrected chi connectivity index (χ3v) is 4.30. The Morgan fingerprint density at radius 3 is 1.89 bits per heavy atom. The van der Waals surface area contributed by atoms with Gasteiger partial charge in [-0.3, -0.25) is 0 Å². The molecule has 1 aromatic heterocycles. The van der Waals surface area contributed by atoms with Gasteiger partial charge >= 0.3 is 28.2 Å². The zero-order chi connectivity index (χ0) is 20.9. The first-order valence-electron chi connectivity index (χ1n) is 8.99. The van der Waals surface area contributed by atoms with Crippen LogP contribution in [0.5, 0.6) is 0 Å². The third-order valence-electron chi connectivity index (χ3n) is 4.30. The normalized spacial score (nSPS) is 9.96. The van der Waals surface area contributed by atoms with E-state index in [4.69, 9.17) is 16.5 Å². The fourth-order valence-corrected chi connectivity index (χ4v) is 2.85. The minimum absolute atomic E-state index is 0.236.